The van der Waals surface area contributed by atoms with Crippen molar-refractivity contribution in [3.8, 4) is 11.8 Å². The maximum atomic E-state index is 5.47. The molecule has 0 rings (SSSR count). The molecule has 0 saturated heterocycles. The largest absolute Gasteiger partial charge is 0.431 e. The van der Waals surface area contributed by atoms with Crippen LogP contribution in [0.4, 0.5) is 0 Å². The van der Waals surface area contributed by atoms with E-state index >= 15 is 0 Å². The molecule has 0 spiro atoms. The molecular formula is C10H17N2U-. The number of hydrogen-bond donors (Lipinski definition) is 2. The first-order valence-corrected chi connectivity index (χ1v) is 4.05. The Bertz CT molecular complexity index is 201. The summed E-state index contributed by atoms with van der Waals surface area (Å²) in [5, 5.41) is 0. The van der Waals surface area contributed by atoms with Crippen molar-refractivity contribution in [2.24, 2.45) is 11.5 Å². The average molecular weight is 403 g/mol. The molecule has 0 aromatic rings. The molecule has 2 nitrogen and oxygen atoms in total. The SMILES string of the molecule is C=C(N)[C-](C)CCC#C[C@@H](C)N.[U]. The van der Waals surface area contributed by atoms with Crippen molar-refractivity contribution in [2.75, 3.05) is 0 Å². The molecule has 0 saturated carbocycles. The van der Waals surface area contributed by atoms with Gasteiger partial charge in [-0.3, -0.25) is 0 Å². The van der Waals surface area contributed by atoms with Gasteiger partial charge in [-0.15, -0.1) is 18.5 Å². The first-order chi connectivity index (χ1) is 5.54. The summed E-state index contributed by atoms with van der Waals surface area (Å²) >= 11 is 0. The Balaban J connectivity index is 0. The van der Waals surface area contributed by atoms with Gasteiger partial charge in [0.15, 0.2) is 0 Å². The minimum Gasteiger partial charge on any atom is -0.431 e. The molecule has 0 fully saturated rings. The Hall–Kier alpha value is -0.0181. The van der Waals surface area contributed by atoms with E-state index in [0.29, 0.717) is 5.70 Å². The van der Waals surface area contributed by atoms with Crippen LogP contribution in [0.15, 0.2) is 12.3 Å². The van der Waals surface area contributed by atoms with E-state index in [1.807, 2.05) is 13.8 Å². The fraction of sp³-hybridized carbons (Fsp3) is 0.500. The fourth-order valence-corrected chi connectivity index (χ4v) is 0.644. The van der Waals surface area contributed by atoms with Gasteiger partial charge in [-0.25, -0.2) is 6.58 Å². The normalized spacial score (nSPS) is 10.4. The molecule has 0 radical (unpaired) electrons. The molecule has 0 aliphatic heterocycles. The molecule has 0 aliphatic rings. The van der Waals surface area contributed by atoms with E-state index in [9.17, 15) is 0 Å². The summed E-state index contributed by atoms with van der Waals surface area (Å²) in [4.78, 5) is 0. The van der Waals surface area contributed by atoms with Gasteiger partial charge in [0.05, 0.1) is 6.04 Å². The number of nitrogens with two attached hydrogens (primary N) is 2. The van der Waals surface area contributed by atoms with Crippen molar-refractivity contribution in [1.29, 1.82) is 0 Å². The average Bonchev–Trinajstić information content (AvgIpc) is 1.97. The van der Waals surface area contributed by atoms with Crippen molar-refractivity contribution in [1.82, 2.24) is 0 Å². The standard InChI is InChI=1S/C10H17N2.U/c1-8(10(3)12)6-4-5-7-9(2)11;/h9H,3-4,6,11-12H2,1-2H3;/q-1;/t9-;/m1./s1. The second kappa shape index (κ2) is 8.57. The Morgan fingerprint density at radius 1 is 1.62 bits per heavy atom. The minimum absolute atomic E-state index is 0. The van der Waals surface area contributed by atoms with Crippen LogP contribution in [-0.2, 0) is 0 Å². The molecule has 0 unspecified atom stereocenters. The maximum Gasteiger partial charge on any atom is 0.0635 e. The second-order valence-electron chi connectivity index (χ2n) is 2.92. The maximum absolute atomic E-state index is 5.47. The molecule has 72 valence electrons. The van der Waals surface area contributed by atoms with Crippen LogP contribution >= 0.6 is 0 Å². The molecule has 0 amide bonds. The zero-order valence-electron chi connectivity index (χ0n) is 8.35. The van der Waals surface area contributed by atoms with Gasteiger partial charge < -0.3 is 11.5 Å². The molecule has 0 aliphatic carbocycles. The van der Waals surface area contributed by atoms with Gasteiger partial charge in [-0.1, -0.05) is 12.3 Å². The summed E-state index contributed by atoms with van der Waals surface area (Å²) in [6, 6.07) is -0.0358. The van der Waals surface area contributed by atoms with Crippen LogP contribution in [0.5, 0.6) is 0 Å². The molecule has 13 heavy (non-hydrogen) atoms. The van der Waals surface area contributed by atoms with Crippen molar-refractivity contribution in [2.45, 2.75) is 32.7 Å². The van der Waals surface area contributed by atoms with Gasteiger partial charge in [0, 0.05) is 31.1 Å². The van der Waals surface area contributed by atoms with Crippen LogP contribution < -0.4 is 11.5 Å². The van der Waals surface area contributed by atoms with Crippen LogP contribution in [0.25, 0.3) is 0 Å². The molecule has 3 heteroatoms. The minimum atomic E-state index is -0.0358. The first kappa shape index (κ1) is 15.5. The molecule has 0 bridgehead atoms. The van der Waals surface area contributed by atoms with E-state index in [1.54, 1.807) is 0 Å². The van der Waals surface area contributed by atoms with E-state index in [0.717, 1.165) is 18.8 Å². The van der Waals surface area contributed by atoms with E-state index in [2.05, 4.69) is 18.4 Å². The van der Waals surface area contributed by atoms with E-state index < -0.39 is 0 Å². The molecule has 0 aromatic heterocycles. The van der Waals surface area contributed by atoms with Crippen LogP contribution in [0.1, 0.15) is 26.7 Å². The summed E-state index contributed by atoms with van der Waals surface area (Å²) in [5.41, 5.74) is 11.6. The number of rotatable bonds is 3. The van der Waals surface area contributed by atoms with Gasteiger partial charge in [0.25, 0.3) is 0 Å². The Kier molecular flexibility index (Phi) is 10.2. The molecule has 0 heterocycles. The Morgan fingerprint density at radius 3 is 2.54 bits per heavy atom. The second-order valence-corrected chi connectivity index (χ2v) is 2.92. The summed E-state index contributed by atoms with van der Waals surface area (Å²) in [5.74, 6) is 6.97. The molecule has 1 atom stereocenters. The predicted octanol–water partition coefficient (Wildman–Crippen LogP) is 1.18. The van der Waals surface area contributed by atoms with E-state index in [1.165, 1.54) is 0 Å². The molecule has 4 N–H and O–H groups in total. The van der Waals surface area contributed by atoms with Crippen molar-refractivity contribution in [3.63, 3.8) is 0 Å². The Labute approximate surface area is 105 Å². The predicted molar refractivity (Wildman–Crippen MR) is 52.9 cm³/mol. The molecule has 0 aromatic carbocycles. The van der Waals surface area contributed by atoms with Crippen LogP contribution in [0.3, 0.4) is 0 Å². The van der Waals surface area contributed by atoms with Gasteiger partial charge in [-0.05, 0) is 13.3 Å². The monoisotopic (exact) mass is 403 g/mol. The summed E-state index contributed by atoms with van der Waals surface area (Å²) in [6.07, 6.45) is 1.69. The van der Waals surface area contributed by atoms with Crippen LogP contribution in [0.2, 0.25) is 0 Å². The first-order valence-electron chi connectivity index (χ1n) is 4.05. The topological polar surface area (TPSA) is 52.0 Å². The number of allylic oxidation sites excluding steroid dienone is 1. The zero-order valence-corrected chi connectivity index (χ0v) is 12.5. The van der Waals surface area contributed by atoms with Gasteiger partial charge in [0.1, 0.15) is 0 Å². The van der Waals surface area contributed by atoms with E-state index in [4.69, 9.17) is 11.5 Å². The van der Waals surface area contributed by atoms with Crippen LogP contribution in [0, 0.1) is 48.9 Å². The summed E-state index contributed by atoms with van der Waals surface area (Å²) < 4.78 is 0. The Morgan fingerprint density at radius 2 is 2.15 bits per heavy atom. The quantitative estimate of drug-likeness (QED) is 0.550. The fourth-order valence-electron chi connectivity index (χ4n) is 0.644. The van der Waals surface area contributed by atoms with Gasteiger partial charge in [-0.2, -0.15) is 5.92 Å². The molecular weight excluding hydrogens is 386 g/mol. The van der Waals surface area contributed by atoms with Crippen molar-refractivity contribution < 1.29 is 31.1 Å². The van der Waals surface area contributed by atoms with Gasteiger partial charge >= 0.3 is 0 Å². The van der Waals surface area contributed by atoms with Crippen LogP contribution in [-0.4, -0.2) is 6.04 Å². The van der Waals surface area contributed by atoms with E-state index in [-0.39, 0.29) is 37.2 Å². The zero-order chi connectivity index (χ0) is 9.56. The summed E-state index contributed by atoms with van der Waals surface area (Å²) in [7, 11) is 0. The summed E-state index contributed by atoms with van der Waals surface area (Å²) in [6.45, 7) is 7.47. The smallest absolute Gasteiger partial charge is 0.0635 e. The third-order valence-electron chi connectivity index (χ3n) is 1.50. The third-order valence-corrected chi connectivity index (χ3v) is 1.50. The van der Waals surface area contributed by atoms with Gasteiger partial charge in [0.2, 0.25) is 0 Å². The van der Waals surface area contributed by atoms with Crippen molar-refractivity contribution in [3.05, 3.63) is 18.2 Å². The van der Waals surface area contributed by atoms with Crippen molar-refractivity contribution >= 4 is 0 Å². The third kappa shape index (κ3) is 9.90. The number of hydrogen-bond acceptors (Lipinski definition) is 2.